The van der Waals surface area contributed by atoms with Gasteiger partial charge in [0.05, 0.1) is 11.1 Å². The third kappa shape index (κ3) is 3.83. The molecule has 2 aromatic rings. The van der Waals surface area contributed by atoms with Crippen molar-refractivity contribution in [2.24, 2.45) is 0 Å². The van der Waals surface area contributed by atoms with Gasteiger partial charge in [0.15, 0.2) is 0 Å². The van der Waals surface area contributed by atoms with Crippen molar-refractivity contribution in [3.8, 4) is 0 Å². The summed E-state index contributed by atoms with van der Waals surface area (Å²) < 4.78 is 0. The van der Waals surface area contributed by atoms with Gasteiger partial charge in [0.25, 0.3) is 23.6 Å². The first-order valence-electron chi connectivity index (χ1n) is 10.6. The maximum absolute atomic E-state index is 13.0. The summed E-state index contributed by atoms with van der Waals surface area (Å²) in [4.78, 5) is 51.9. The summed E-state index contributed by atoms with van der Waals surface area (Å²) in [7, 11) is 1.54. The number of anilines is 1. The van der Waals surface area contributed by atoms with Crippen molar-refractivity contribution in [3.05, 3.63) is 64.2 Å². The molecule has 7 heteroatoms. The highest BCUT2D eigenvalue weighted by molar-refractivity contribution is 6.22. The monoisotopic (exact) mass is 419 g/mol. The molecule has 1 saturated carbocycles. The number of carbonyl (C=O) groups excluding carboxylic acids is 4. The molecule has 4 rings (SSSR count). The summed E-state index contributed by atoms with van der Waals surface area (Å²) in [6.07, 6.45) is 4.82. The van der Waals surface area contributed by atoms with E-state index in [1.807, 2.05) is 6.92 Å². The molecule has 1 fully saturated rings. The van der Waals surface area contributed by atoms with Crippen molar-refractivity contribution >= 4 is 29.3 Å². The van der Waals surface area contributed by atoms with Crippen molar-refractivity contribution in [3.63, 3.8) is 0 Å². The topological polar surface area (TPSA) is 95.6 Å². The van der Waals surface area contributed by atoms with E-state index in [0.717, 1.165) is 37.7 Å². The number of fused-ring (bicyclic) bond motifs is 1. The summed E-state index contributed by atoms with van der Waals surface area (Å²) >= 11 is 0. The van der Waals surface area contributed by atoms with E-state index in [-0.39, 0.29) is 34.9 Å². The lowest BCUT2D eigenvalue weighted by atomic mass is 9.94. The highest BCUT2D eigenvalue weighted by Crippen LogP contribution is 2.31. The number of hydrogen-bond donors (Lipinski definition) is 2. The van der Waals surface area contributed by atoms with Crippen LogP contribution in [-0.4, -0.2) is 41.6 Å². The number of hydrogen-bond acceptors (Lipinski definition) is 4. The van der Waals surface area contributed by atoms with E-state index in [2.05, 4.69) is 10.6 Å². The molecule has 0 unspecified atom stereocenters. The molecule has 1 heterocycles. The quantitative estimate of drug-likeness (QED) is 0.741. The van der Waals surface area contributed by atoms with E-state index in [1.165, 1.54) is 11.0 Å². The molecule has 0 radical (unpaired) electrons. The molecule has 7 nitrogen and oxygen atoms in total. The third-order valence-electron chi connectivity index (χ3n) is 6.10. The first-order valence-corrected chi connectivity index (χ1v) is 10.6. The van der Waals surface area contributed by atoms with Gasteiger partial charge in [0.1, 0.15) is 0 Å². The molecule has 0 saturated heterocycles. The van der Waals surface area contributed by atoms with Crippen LogP contribution < -0.4 is 10.6 Å². The Labute approximate surface area is 180 Å². The summed E-state index contributed by atoms with van der Waals surface area (Å²) in [5.74, 6) is -1.25. The van der Waals surface area contributed by atoms with E-state index < -0.39 is 5.91 Å². The first kappa shape index (κ1) is 20.8. The van der Waals surface area contributed by atoms with Crippen molar-refractivity contribution in [1.29, 1.82) is 0 Å². The van der Waals surface area contributed by atoms with Gasteiger partial charge in [0, 0.05) is 29.9 Å². The van der Waals surface area contributed by atoms with Crippen molar-refractivity contribution < 1.29 is 19.2 Å². The lowest BCUT2D eigenvalue weighted by Gasteiger charge is -2.29. The molecule has 2 aliphatic rings. The van der Waals surface area contributed by atoms with Gasteiger partial charge in [-0.3, -0.25) is 24.1 Å². The SMILES string of the molecule is CNC(=O)c1ccc(C)c(NC(=O)c2ccc3c(c2)C(=O)N(C2CCCCC2)C3=O)c1. The Morgan fingerprint density at radius 1 is 0.871 bits per heavy atom. The second-order valence-corrected chi connectivity index (χ2v) is 8.10. The van der Waals surface area contributed by atoms with Crippen molar-refractivity contribution in [2.75, 3.05) is 12.4 Å². The number of imide groups is 1. The van der Waals surface area contributed by atoms with E-state index in [1.54, 1.807) is 37.4 Å². The van der Waals surface area contributed by atoms with Crippen LogP contribution in [0.1, 0.15) is 79.1 Å². The van der Waals surface area contributed by atoms with Crippen LogP contribution in [0, 0.1) is 6.92 Å². The van der Waals surface area contributed by atoms with Gasteiger partial charge in [-0.05, 0) is 55.7 Å². The minimum atomic E-state index is -0.406. The number of amides is 4. The predicted octanol–water partition coefficient (Wildman–Crippen LogP) is 3.54. The van der Waals surface area contributed by atoms with E-state index in [4.69, 9.17) is 0 Å². The molecular weight excluding hydrogens is 394 g/mol. The van der Waals surface area contributed by atoms with Gasteiger partial charge in [-0.25, -0.2) is 0 Å². The Morgan fingerprint density at radius 3 is 2.23 bits per heavy atom. The van der Waals surface area contributed by atoms with Crippen molar-refractivity contribution in [1.82, 2.24) is 10.2 Å². The smallest absolute Gasteiger partial charge is 0.261 e. The number of nitrogens with zero attached hydrogens (tertiary/aromatic N) is 1. The fourth-order valence-corrected chi connectivity index (χ4v) is 4.31. The molecule has 0 aromatic heterocycles. The molecule has 0 spiro atoms. The van der Waals surface area contributed by atoms with Crippen LogP contribution in [0.25, 0.3) is 0 Å². The minimum Gasteiger partial charge on any atom is -0.355 e. The van der Waals surface area contributed by atoms with Crippen LogP contribution in [0.2, 0.25) is 0 Å². The summed E-state index contributed by atoms with van der Waals surface area (Å²) in [6, 6.07) is 9.60. The zero-order valence-electron chi connectivity index (χ0n) is 17.7. The predicted molar refractivity (Wildman–Crippen MR) is 116 cm³/mol. The number of carbonyl (C=O) groups is 4. The normalized spacial score (nSPS) is 16.3. The summed E-state index contributed by atoms with van der Waals surface area (Å²) in [5, 5.41) is 5.36. The Balaban J connectivity index is 1.57. The van der Waals surface area contributed by atoms with Gasteiger partial charge in [-0.15, -0.1) is 0 Å². The molecule has 0 atom stereocenters. The van der Waals surface area contributed by atoms with Crippen molar-refractivity contribution in [2.45, 2.75) is 45.1 Å². The molecular formula is C24H25N3O4. The van der Waals surface area contributed by atoms with E-state index >= 15 is 0 Å². The van der Waals surface area contributed by atoms with Crippen LogP contribution >= 0.6 is 0 Å². The zero-order chi connectivity index (χ0) is 22.1. The molecule has 0 bridgehead atoms. The fourth-order valence-electron chi connectivity index (χ4n) is 4.31. The van der Waals surface area contributed by atoms with Gasteiger partial charge < -0.3 is 10.6 Å². The fraction of sp³-hybridized carbons (Fsp3) is 0.333. The molecule has 1 aliphatic heterocycles. The molecule has 4 amide bonds. The maximum atomic E-state index is 13.0. The van der Waals surface area contributed by atoms with Crippen LogP contribution in [0.3, 0.4) is 0 Å². The lowest BCUT2D eigenvalue weighted by molar-refractivity contribution is 0.0548. The van der Waals surface area contributed by atoms with E-state index in [0.29, 0.717) is 16.8 Å². The molecule has 31 heavy (non-hydrogen) atoms. The Kier molecular flexibility index (Phi) is 5.59. The first-order chi connectivity index (χ1) is 14.9. The van der Waals surface area contributed by atoms with E-state index in [9.17, 15) is 19.2 Å². The molecule has 160 valence electrons. The number of nitrogens with one attached hydrogen (secondary N) is 2. The number of benzene rings is 2. The maximum Gasteiger partial charge on any atom is 0.261 e. The number of aryl methyl sites for hydroxylation is 1. The third-order valence-corrected chi connectivity index (χ3v) is 6.10. The van der Waals surface area contributed by atoms with Crippen LogP contribution in [0.5, 0.6) is 0 Å². The van der Waals surface area contributed by atoms with Gasteiger partial charge in [-0.1, -0.05) is 25.3 Å². The molecule has 2 aromatic carbocycles. The highest BCUT2D eigenvalue weighted by Gasteiger charge is 2.40. The summed E-state index contributed by atoms with van der Waals surface area (Å²) in [5.41, 5.74) is 2.66. The average molecular weight is 419 g/mol. The Morgan fingerprint density at radius 2 is 1.52 bits per heavy atom. The second-order valence-electron chi connectivity index (χ2n) is 8.10. The Hall–Kier alpha value is -3.48. The van der Waals surface area contributed by atoms with Gasteiger partial charge in [-0.2, -0.15) is 0 Å². The second kappa shape index (κ2) is 8.34. The lowest BCUT2D eigenvalue weighted by Crippen LogP contribution is -2.40. The highest BCUT2D eigenvalue weighted by atomic mass is 16.2. The largest absolute Gasteiger partial charge is 0.355 e. The standard InChI is InChI=1S/C24H25N3O4/c1-14-8-9-16(21(28)25-2)13-20(14)26-22(29)15-10-11-18-19(12-15)24(31)27(23(18)30)17-6-4-3-5-7-17/h8-13,17H,3-7H2,1-2H3,(H,25,28)(H,26,29). The molecule has 1 aliphatic carbocycles. The molecule has 2 N–H and O–H groups in total. The Bertz CT molecular complexity index is 1090. The van der Waals surface area contributed by atoms with Gasteiger partial charge >= 0.3 is 0 Å². The average Bonchev–Trinajstić information content (AvgIpc) is 3.04. The van der Waals surface area contributed by atoms with Crippen LogP contribution in [-0.2, 0) is 0 Å². The van der Waals surface area contributed by atoms with Gasteiger partial charge in [0.2, 0.25) is 0 Å². The van der Waals surface area contributed by atoms with Crippen LogP contribution in [0.4, 0.5) is 5.69 Å². The zero-order valence-corrected chi connectivity index (χ0v) is 17.7. The number of rotatable bonds is 4. The summed E-state index contributed by atoms with van der Waals surface area (Å²) in [6.45, 7) is 1.83. The minimum absolute atomic E-state index is 0.0615. The van der Waals surface area contributed by atoms with Crippen LogP contribution in [0.15, 0.2) is 36.4 Å².